The van der Waals surface area contributed by atoms with Crippen molar-refractivity contribution < 1.29 is 4.74 Å². The third-order valence-electron chi connectivity index (χ3n) is 2.21. The van der Waals surface area contributed by atoms with Gasteiger partial charge < -0.3 is 4.74 Å². The van der Waals surface area contributed by atoms with Crippen molar-refractivity contribution in [1.29, 1.82) is 0 Å². The van der Waals surface area contributed by atoms with Crippen LogP contribution in [0.3, 0.4) is 0 Å². The summed E-state index contributed by atoms with van der Waals surface area (Å²) in [7, 11) is 0. The Hall–Kier alpha value is -1.47. The quantitative estimate of drug-likeness (QED) is 0.460. The molecule has 2 rings (SSSR count). The Labute approximate surface area is 115 Å². The van der Waals surface area contributed by atoms with E-state index < -0.39 is 0 Å². The molecule has 0 aliphatic carbocycles. The molecule has 0 saturated carbocycles. The highest BCUT2D eigenvalue weighted by Crippen LogP contribution is 2.17. The van der Waals surface area contributed by atoms with E-state index in [1.165, 1.54) is 0 Å². The van der Waals surface area contributed by atoms with Gasteiger partial charge in [0.05, 0.1) is 5.56 Å². The summed E-state index contributed by atoms with van der Waals surface area (Å²) in [5, 5.41) is 0. The van der Waals surface area contributed by atoms with Gasteiger partial charge in [-0.3, -0.25) is 0 Å². The maximum absolute atomic E-state index is 5.51. The highest BCUT2D eigenvalue weighted by molar-refractivity contribution is 14.1. The Morgan fingerprint density at radius 2 is 1.59 bits per heavy atom. The van der Waals surface area contributed by atoms with Crippen molar-refractivity contribution >= 4 is 22.6 Å². The molecule has 2 heteroatoms. The molecule has 2 aromatic carbocycles. The minimum atomic E-state index is 0.627. The van der Waals surface area contributed by atoms with Crippen LogP contribution in [0.2, 0.25) is 0 Å². The Bertz CT molecular complexity index is 538. The van der Waals surface area contributed by atoms with Gasteiger partial charge in [-0.1, -0.05) is 42.2 Å². The van der Waals surface area contributed by atoms with Crippen molar-refractivity contribution in [3.8, 4) is 17.6 Å². The summed E-state index contributed by atoms with van der Waals surface area (Å²) in [6.45, 7) is 0. The molecule has 0 aliphatic rings. The minimum absolute atomic E-state index is 0.627. The molecule has 2 aromatic rings. The SMILES string of the molecule is ICOc1ccccc1C#Cc1ccccc1. The highest BCUT2D eigenvalue weighted by atomic mass is 127. The molecule has 0 bridgehead atoms. The van der Waals surface area contributed by atoms with Crippen molar-refractivity contribution in [2.24, 2.45) is 0 Å². The molecule has 1 nitrogen and oxygen atoms in total. The molecule has 17 heavy (non-hydrogen) atoms. The molecule has 0 fully saturated rings. The fourth-order valence-electron chi connectivity index (χ4n) is 1.42. The van der Waals surface area contributed by atoms with Crippen molar-refractivity contribution in [3.63, 3.8) is 0 Å². The standard InChI is InChI=1S/C15H11IO/c16-12-17-15-9-5-4-8-14(15)11-10-13-6-2-1-3-7-13/h1-9H,12H2. The van der Waals surface area contributed by atoms with Crippen LogP contribution in [0.5, 0.6) is 5.75 Å². The van der Waals surface area contributed by atoms with E-state index in [2.05, 4.69) is 34.4 Å². The molecular weight excluding hydrogens is 323 g/mol. The van der Waals surface area contributed by atoms with Crippen LogP contribution in [0, 0.1) is 11.8 Å². The third kappa shape index (κ3) is 3.50. The van der Waals surface area contributed by atoms with Crippen LogP contribution in [0.4, 0.5) is 0 Å². The van der Waals surface area contributed by atoms with Gasteiger partial charge in [0.2, 0.25) is 0 Å². The molecule has 84 valence electrons. The first-order valence-electron chi connectivity index (χ1n) is 5.25. The number of hydrogen-bond acceptors (Lipinski definition) is 1. The first kappa shape index (κ1) is 12.0. The van der Waals surface area contributed by atoms with E-state index in [1.54, 1.807) is 0 Å². The van der Waals surface area contributed by atoms with Gasteiger partial charge in [0.1, 0.15) is 10.4 Å². The maximum atomic E-state index is 5.51. The minimum Gasteiger partial charge on any atom is -0.482 e. The van der Waals surface area contributed by atoms with Crippen molar-refractivity contribution in [2.75, 3.05) is 4.61 Å². The van der Waals surface area contributed by atoms with Crippen LogP contribution in [0.1, 0.15) is 11.1 Å². The zero-order valence-electron chi connectivity index (χ0n) is 9.19. The average molecular weight is 334 g/mol. The summed E-state index contributed by atoms with van der Waals surface area (Å²) < 4.78 is 6.14. The number of hydrogen-bond donors (Lipinski definition) is 0. The second-order valence-corrected chi connectivity index (χ2v) is 3.99. The second kappa shape index (κ2) is 6.31. The van der Waals surface area contributed by atoms with Crippen LogP contribution in [0.25, 0.3) is 0 Å². The van der Waals surface area contributed by atoms with E-state index in [9.17, 15) is 0 Å². The molecule has 0 spiro atoms. The third-order valence-corrected chi connectivity index (χ3v) is 2.52. The predicted octanol–water partition coefficient (Wildman–Crippen LogP) is 3.86. The summed E-state index contributed by atoms with van der Waals surface area (Å²) in [5.41, 5.74) is 1.93. The topological polar surface area (TPSA) is 9.23 Å². The highest BCUT2D eigenvalue weighted by Gasteiger charge is 1.97. The van der Waals surface area contributed by atoms with Crippen LogP contribution < -0.4 is 4.74 Å². The number of ether oxygens (including phenoxy) is 1. The van der Waals surface area contributed by atoms with Crippen LogP contribution in [-0.2, 0) is 0 Å². The molecule has 0 aromatic heterocycles. The molecule has 0 saturated heterocycles. The van der Waals surface area contributed by atoms with Gasteiger partial charge >= 0.3 is 0 Å². The van der Waals surface area contributed by atoms with Crippen LogP contribution >= 0.6 is 22.6 Å². The summed E-state index contributed by atoms with van der Waals surface area (Å²) >= 11 is 2.18. The van der Waals surface area contributed by atoms with Crippen molar-refractivity contribution in [2.45, 2.75) is 0 Å². The number of rotatable bonds is 2. The molecule has 0 unspecified atom stereocenters. The summed E-state index contributed by atoms with van der Waals surface area (Å²) in [5.74, 6) is 7.10. The number of para-hydroxylation sites is 1. The molecule has 0 N–H and O–H groups in total. The molecular formula is C15H11IO. The average Bonchev–Trinajstić information content (AvgIpc) is 2.39. The Balaban J connectivity index is 2.27. The Morgan fingerprint density at radius 1 is 0.882 bits per heavy atom. The molecule has 0 heterocycles. The largest absolute Gasteiger partial charge is 0.482 e. The van der Waals surface area contributed by atoms with E-state index in [0.717, 1.165) is 16.9 Å². The van der Waals surface area contributed by atoms with E-state index in [1.807, 2.05) is 54.6 Å². The summed E-state index contributed by atoms with van der Waals surface area (Å²) in [4.78, 5) is 0. The van der Waals surface area contributed by atoms with Crippen LogP contribution in [-0.4, -0.2) is 4.61 Å². The van der Waals surface area contributed by atoms with E-state index in [4.69, 9.17) is 4.74 Å². The molecule has 0 atom stereocenters. The van der Waals surface area contributed by atoms with Gasteiger partial charge in [0, 0.05) is 5.56 Å². The van der Waals surface area contributed by atoms with E-state index in [-0.39, 0.29) is 0 Å². The molecule has 0 radical (unpaired) electrons. The number of halogens is 1. The van der Waals surface area contributed by atoms with Gasteiger partial charge in [-0.25, -0.2) is 0 Å². The molecule has 0 aliphatic heterocycles. The Morgan fingerprint density at radius 3 is 2.35 bits per heavy atom. The zero-order valence-corrected chi connectivity index (χ0v) is 11.3. The summed E-state index contributed by atoms with van der Waals surface area (Å²) in [6.07, 6.45) is 0. The van der Waals surface area contributed by atoms with Crippen molar-refractivity contribution in [3.05, 3.63) is 65.7 Å². The van der Waals surface area contributed by atoms with Crippen LogP contribution in [0.15, 0.2) is 54.6 Å². The van der Waals surface area contributed by atoms with E-state index >= 15 is 0 Å². The number of benzene rings is 2. The van der Waals surface area contributed by atoms with Gasteiger partial charge in [-0.2, -0.15) is 0 Å². The first-order valence-corrected chi connectivity index (χ1v) is 6.77. The number of alkyl halides is 1. The second-order valence-electron chi connectivity index (χ2n) is 3.37. The zero-order chi connectivity index (χ0) is 11.9. The maximum Gasteiger partial charge on any atom is 0.139 e. The lowest BCUT2D eigenvalue weighted by atomic mass is 10.1. The lowest BCUT2D eigenvalue weighted by Gasteiger charge is -2.03. The van der Waals surface area contributed by atoms with E-state index in [0.29, 0.717) is 4.61 Å². The van der Waals surface area contributed by atoms with Gasteiger partial charge in [0.15, 0.2) is 0 Å². The monoisotopic (exact) mass is 334 g/mol. The molecule has 0 amide bonds. The smallest absolute Gasteiger partial charge is 0.139 e. The Kier molecular flexibility index (Phi) is 4.45. The summed E-state index contributed by atoms with van der Waals surface area (Å²) in [6, 6.07) is 17.8. The lowest BCUT2D eigenvalue weighted by molar-refractivity contribution is 0.403. The predicted molar refractivity (Wildman–Crippen MR) is 78.4 cm³/mol. The lowest BCUT2D eigenvalue weighted by Crippen LogP contribution is -1.91. The fourth-order valence-corrected chi connectivity index (χ4v) is 1.75. The van der Waals surface area contributed by atoms with Gasteiger partial charge in [0.25, 0.3) is 0 Å². The fraction of sp³-hybridized carbons (Fsp3) is 0.0667. The first-order chi connectivity index (χ1) is 8.40. The van der Waals surface area contributed by atoms with Gasteiger partial charge in [-0.05, 0) is 46.9 Å². The normalized spacial score (nSPS) is 9.24. The van der Waals surface area contributed by atoms with Gasteiger partial charge in [-0.15, -0.1) is 0 Å². The van der Waals surface area contributed by atoms with Crippen molar-refractivity contribution in [1.82, 2.24) is 0 Å².